The van der Waals surface area contributed by atoms with E-state index in [9.17, 15) is 8.42 Å². The lowest BCUT2D eigenvalue weighted by Gasteiger charge is -2.14. The van der Waals surface area contributed by atoms with Gasteiger partial charge in [-0.25, -0.2) is 8.42 Å². The molecule has 0 bridgehead atoms. The van der Waals surface area contributed by atoms with Gasteiger partial charge in [0.15, 0.2) is 0 Å². The molecule has 118 valence electrons. The fourth-order valence-corrected chi connectivity index (χ4v) is 4.99. The Bertz CT molecular complexity index is 876. The van der Waals surface area contributed by atoms with Gasteiger partial charge in [0.2, 0.25) is 10.0 Å². The Kier molecular flexibility index (Phi) is 3.65. The molecule has 0 amide bonds. The summed E-state index contributed by atoms with van der Waals surface area (Å²) in [5.74, 6) is 0. The van der Waals surface area contributed by atoms with E-state index < -0.39 is 10.0 Å². The molecule has 0 fully saturated rings. The molecule has 0 saturated heterocycles. The van der Waals surface area contributed by atoms with E-state index in [1.165, 1.54) is 16.3 Å². The zero-order chi connectivity index (χ0) is 15.9. The highest BCUT2D eigenvalue weighted by atomic mass is 32.2. The van der Waals surface area contributed by atoms with Crippen molar-refractivity contribution in [3.8, 4) is 0 Å². The van der Waals surface area contributed by atoms with Crippen LogP contribution in [0.2, 0.25) is 0 Å². The van der Waals surface area contributed by atoms with Crippen molar-refractivity contribution >= 4 is 26.9 Å². The van der Waals surface area contributed by atoms with Gasteiger partial charge in [-0.2, -0.15) is 9.14 Å². The molecule has 2 aliphatic heterocycles. The second-order valence-corrected chi connectivity index (χ2v) is 8.19. The molecule has 4 rings (SSSR count). The molecule has 0 saturated carbocycles. The van der Waals surface area contributed by atoms with Gasteiger partial charge in [0, 0.05) is 24.2 Å². The second-order valence-electron chi connectivity index (χ2n) is 5.43. The van der Waals surface area contributed by atoms with Crippen LogP contribution in [0.15, 0.2) is 59.6 Å². The van der Waals surface area contributed by atoms with Gasteiger partial charge >= 0.3 is 0 Å². The van der Waals surface area contributed by atoms with Crippen molar-refractivity contribution in [2.45, 2.75) is 18.0 Å². The standard InChI is InChI=1S/C16H15N3O2S2/c20-23(21)16-4-2-1-3-14(16)11-19(23)10-12-5-7-13(8-6-12)15-9-17-18-22-15/h1-9,17-18H,10-11H2. The predicted molar refractivity (Wildman–Crippen MR) is 91.2 cm³/mol. The molecule has 23 heavy (non-hydrogen) atoms. The Morgan fingerprint density at radius 2 is 1.87 bits per heavy atom. The normalized spacial score (nSPS) is 19.2. The maximum absolute atomic E-state index is 12.6. The lowest BCUT2D eigenvalue weighted by molar-refractivity contribution is 0.420. The molecular formula is C16H15N3O2S2. The van der Waals surface area contributed by atoms with Crippen LogP contribution in [0, 0.1) is 0 Å². The molecule has 0 atom stereocenters. The number of hydrogen-bond acceptors (Lipinski definition) is 5. The summed E-state index contributed by atoms with van der Waals surface area (Å²) in [5.41, 5.74) is 5.88. The van der Waals surface area contributed by atoms with Crippen LogP contribution in [0.3, 0.4) is 0 Å². The molecule has 0 radical (unpaired) electrons. The fourth-order valence-electron chi connectivity index (χ4n) is 2.77. The molecule has 2 heterocycles. The molecule has 7 heteroatoms. The van der Waals surface area contributed by atoms with Crippen LogP contribution in [0.1, 0.15) is 16.7 Å². The molecule has 0 spiro atoms. The van der Waals surface area contributed by atoms with Crippen LogP contribution < -0.4 is 10.3 Å². The van der Waals surface area contributed by atoms with E-state index in [2.05, 4.69) is 10.3 Å². The zero-order valence-corrected chi connectivity index (χ0v) is 13.8. The third-order valence-electron chi connectivity index (χ3n) is 3.96. The molecule has 2 aliphatic rings. The van der Waals surface area contributed by atoms with Gasteiger partial charge < -0.3 is 5.43 Å². The van der Waals surface area contributed by atoms with Gasteiger partial charge in [-0.05, 0) is 34.7 Å². The SMILES string of the molecule is O=S1(=O)c2ccccc2CN1Cc1ccc(C2=CNNS2)cc1. The van der Waals surface area contributed by atoms with Crippen molar-refractivity contribution in [1.82, 2.24) is 14.6 Å². The largest absolute Gasteiger partial charge is 0.318 e. The van der Waals surface area contributed by atoms with E-state index in [1.54, 1.807) is 12.1 Å². The Hall–Kier alpha value is -1.80. The maximum atomic E-state index is 12.6. The number of hydrazine groups is 1. The van der Waals surface area contributed by atoms with Gasteiger partial charge in [-0.1, -0.05) is 42.5 Å². The topological polar surface area (TPSA) is 61.4 Å². The zero-order valence-electron chi connectivity index (χ0n) is 12.2. The van der Waals surface area contributed by atoms with Crippen molar-refractivity contribution in [3.63, 3.8) is 0 Å². The Morgan fingerprint density at radius 1 is 1.09 bits per heavy atom. The van der Waals surface area contributed by atoms with Crippen LogP contribution in [-0.4, -0.2) is 12.7 Å². The van der Waals surface area contributed by atoms with Crippen LogP contribution in [0.4, 0.5) is 0 Å². The lowest BCUT2D eigenvalue weighted by Crippen LogP contribution is -2.23. The molecule has 0 aliphatic carbocycles. The molecule has 5 nitrogen and oxygen atoms in total. The summed E-state index contributed by atoms with van der Waals surface area (Å²) < 4.78 is 26.7. The van der Waals surface area contributed by atoms with Crippen LogP contribution in [0.25, 0.3) is 4.91 Å². The van der Waals surface area contributed by atoms with Crippen LogP contribution >= 0.6 is 11.9 Å². The van der Waals surface area contributed by atoms with Gasteiger partial charge in [0.1, 0.15) is 0 Å². The quantitative estimate of drug-likeness (QED) is 0.837. The van der Waals surface area contributed by atoms with E-state index >= 15 is 0 Å². The second kappa shape index (κ2) is 5.68. The predicted octanol–water partition coefficient (Wildman–Crippen LogP) is 2.45. The van der Waals surface area contributed by atoms with E-state index in [4.69, 9.17) is 0 Å². The van der Waals surface area contributed by atoms with Crippen molar-refractivity contribution in [2.75, 3.05) is 0 Å². The van der Waals surface area contributed by atoms with Gasteiger partial charge in [0.05, 0.1) is 4.90 Å². The minimum absolute atomic E-state index is 0.389. The number of nitrogens with one attached hydrogen (secondary N) is 2. The monoisotopic (exact) mass is 345 g/mol. The Balaban J connectivity index is 1.55. The molecule has 2 N–H and O–H groups in total. The summed E-state index contributed by atoms with van der Waals surface area (Å²) in [6.07, 6.45) is 1.90. The van der Waals surface area contributed by atoms with Gasteiger partial charge in [-0.15, -0.1) is 0 Å². The third-order valence-corrected chi connectivity index (χ3v) is 6.64. The molecular weight excluding hydrogens is 330 g/mol. The average Bonchev–Trinajstić information content (AvgIpc) is 3.17. The summed E-state index contributed by atoms with van der Waals surface area (Å²) in [6, 6.07) is 15.2. The number of hydrogen-bond donors (Lipinski definition) is 2. The molecule has 2 aromatic rings. The van der Waals surface area contributed by atoms with Crippen molar-refractivity contribution in [1.29, 1.82) is 0 Å². The molecule has 2 aromatic carbocycles. The molecule has 0 aromatic heterocycles. The highest BCUT2D eigenvalue weighted by Gasteiger charge is 2.33. The van der Waals surface area contributed by atoms with E-state index in [1.807, 2.05) is 42.6 Å². The van der Waals surface area contributed by atoms with E-state index in [0.717, 1.165) is 21.6 Å². The number of sulfonamides is 1. The first-order chi connectivity index (χ1) is 11.1. The number of fused-ring (bicyclic) bond motifs is 1. The third kappa shape index (κ3) is 2.66. The summed E-state index contributed by atoms with van der Waals surface area (Å²) in [4.78, 5) is 4.49. The Morgan fingerprint density at radius 3 is 2.57 bits per heavy atom. The van der Waals surface area contributed by atoms with Gasteiger partial charge in [0.25, 0.3) is 0 Å². The first-order valence-electron chi connectivity index (χ1n) is 7.19. The first kappa shape index (κ1) is 14.8. The summed E-state index contributed by atoms with van der Waals surface area (Å²) in [5, 5.41) is 0. The number of rotatable bonds is 3. The van der Waals surface area contributed by atoms with Crippen molar-refractivity contribution in [2.24, 2.45) is 0 Å². The van der Waals surface area contributed by atoms with E-state index in [-0.39, 0.29) is 0 Å². The van der Waals surface area contributed by atoms with Crippen LogP contribution in [-0.2, 0) is 23.1 Å². The highest BCUT2D eigenvalue weighted by molar-refractivity contribution is 8.06. The Labute approximate surface area is 139 Å². The number of nitrogens with zero attached hydrogens (tertiary/aromatic N) is 1. The van der Waals surface area contributed by atoms with E-state index in [0.29, 0.717) is 18.0 Å². The minimum Gasteiger partial charge on any atom is -0.318 e. The summed E-state index contributed by atoms with van der Waals surface area (Å²) in [6.45, 7) is 0.828. The smallest absolute Gasteiger partial charge is 0.244 e. The first-order valence-corrected chi connectivity index (χ1v) is 9.45. The molecule has 0 unspecified atom stereocenters. The lowest BCUT2D eigenvalue weighted by atomic mass is 10.1. The minimum atomic E-state index is -3.37. The van der Waals surface area contributed by atoms with Crippen molar-refractivity contribution < 1.29 is 8.42 Å². The summed E-state index contributed by atoms with van der Waals surface area (Å²) in [7, 11) is -3.37. The fraction of sp³-hybridized carbons (Fsp3) is 0.125. The van der Waals surface area contributed by atoms with Crippen molar-refractivity contribution in [3.05, 3.63) is 71.4 Å². The van der Waals surface area contributed by atoms with Gasteiger partial charge in [-0.3, -0.25) is 0 Å². The number of benzene rings is 2. The summed E-state index contributed by atoms with van der Waals surface area (Å²) >= 11 is 1.52. The highest BCUT2D eigenvalue weighted by Crippen LogP contribution is 2.32. The average molecular weight is 345 g/mol. The maximum Gasteiger partial charge on any atom is 0.244 e. The van der Waals surface area contributed by atoms with Crippen LogP contribution in [0.5, 0.6) is 0 Å².